The highest BCUT2D eigenvalue weighted by Crippen LogP contribution is 2.43. The van der Waals surface area contributed by atoms with E-state index in [9.17, 15) is 28.0 Å². The monoisotopic (exact) mass is 598 g/mol. The van der Waals surface area contributed by atoms with Crippen molar-refractivity contribution in [1.82, 2.24) is 0 Å². The second kappa shape index (κ2) is 13.3. The molecule has 0 aliphatic heterocycles. The molecule has 0 radical (unpaired) electrons. The van der Waals surface area contributed by atoms with Crippen molar-refractivity contribution in [2.24, 2.45) is 11.8 Å². The summed E-state index contributed by atoms with van der Waals surface area (Å²) in [5.41, 5.74) is 4.13. The fraction of sp³-hybridized carbons (Fsp3) is 0.278. The Hall–Kier alpha value is -4.72. The Balaban J connectivity index is 1.49. The fourth-order valence-corrected chi connectivity index (χ4v) is 6.11. The Kier molecular flexibility index (Phi) is 9.28. The summed E-state index contributed by atoms with van der Waals surface area (Å²) in [4.78, 5) is 52.5. The SMILES string of the molecule is CCOC(=O)C1C(=O)C=C(c2ccc(F)cc2)CC1c1ccc(C2CC(c3ccc(F)cc3)=CC(=O)C2C(=O)OCC)cc1. The number of benzene rings is 3. The van der Waals surface area contributed by atoms with Gasteiger partial charge in [0.2, 0.25) is 0 Å². The summed E-state index contributed by atoms with van der Waals surface area (Å²) in [6, 6.07) is 18.9. The molecule has 2 aliphatic rings. The Morgan fingerprint density at radius 3 is 1.27 bits per heavy atom. The van der Waals surface area contributed by atoms with Gasteiger partial charge in [0.1, 0.15) is 23.5 Å². The van der Waals surface area contributed by atoms with Crippen LogP contribution in [0.25, 0.3) is 11.1 Å². The first kappa shape index (κ1) is 30.7. The lowest BCUT2D eigenvalue weighted by molar-refractivity contribution is -0.153. The van der Waals surface area contributed by atoms with Crippen LogP contribution in [0.4, 0.5) is 8.78 Å². The topological polar surface area (TPSA) is 86.7 Å². The van der Waals surface area contributed by atoms with Crippen LogP contribution in [0.15, 0.2) is 84.9 Å². The van der Waals surface area contributed by atoms with Gasteiger partial charge in [0.05, 0.1) is 13.2 Å². The minimum absolute atomic E-state index is 0.123. The van der Waals surface area contributed by atoms with Gasteiger partial charge in [0, 0.05) is 11.8 Å². The van der Waals surface area contributed by atoms with Crippen LogP contribution in [-0.4, -0.2) is 36.7 Å². The van der Waals surface area contributed by atoms with Gasteiger partial charge in [0.15, 0.2) is 11.6 Å². The number of ether oxygens (including phenoxy) is 2. The van der Waals surface area contributed by atoms with Crippen LogP contribution in [0.5, 0.6) is 0 Å². The van der Waals surface area contributed by atoms with Crippen LogP contribution in [0.1, 0.15) is 60.8 Å². The molecule has 0 bridgehead atoms. The van der Waals surface area contributed by atoms with Crippen LogP contribution in [0.2, 0.25) is 0 Å². The third kappa shape index (κ3) is 6.44. The van der Waals surface area contributed by atoms with Crippen molar-refractivity contribution < 1.29 is 37.4 Å². The van der Waals surface area contributed by atoms with Crippen molar-refractivity contribution >= 4 is 34.7 Å². The van der Waals surface area contributed by atoms with Crippen LogP contribution < -0.4 is 0 Å². The maximum absolute atomic E-state index is 13.6. The number of ketones is 2. The molecule has 0 amide bonds. The van der Waals surface area contributed by atoms with Gasteiger partial charge in [-0.2, -0.15) is 0 Å². The predicted octanol–water partition coefficient (Wildman–Crippen LogP) is 6.60. The zero-order valence-corrected chi connectivity index (χ0v) is 24.4. The maximum atomic E-state index is 13.6. The van der Waals surface area contributed by atoms with E-state index < -0.39 is 58.8 Å². The van der Waals surface area contributed by atoms with Gasteiger partial charge < -0.3 is 9.47 Å². The lowest BCUT2D eigenvalue weighted by atomic mass is 9.71. The van der Waals surface area contributed by atoms with Gasteiger partial charge in [-0.1, -0.05) is 48.5 Å². The quantitative estimate of drug-likeness (QED) is 0.215. The van der Waals surface area contributed by atoms with E-state index in [-0.39, 0.29) is 13.2 Å². The highest BCUT2D eigenvalue weighted by molar-refractivity contribution is 6.11. The van der Waals surface area contributed by atoms with E-state index >= 15 is 0 Å². The number of allylic oxidation sites excluding steroid dienone is 4. The zero-order chi connectivity index (χ0) is 31.4. The van der Waals surface area contributed by atoms with Crippen molar-refractivity contribution in [3.63, 3.8) is 0 Å². The van der Waals surface area contributed by atoms with Crippen LogP contribution in [0, 0.1) is 23.5 Å². The molecule has 0 N–H and O–H groups in total. The number of hydrogen-bond donors (Lipinski definition) is 0. The lowest BCUT2D eigenvalue weighted by Gasteiger charge is -2.31. The average molecular weight is 599 g/mol. The van der Waals surface area contributed by atoms with Crippen LogP contribution in [-0.2, 0) is 28.7 Å². The third-order valence-electron chi connectivity index (χ3n) is 8.23. The molecule has 2 aliphatic carbocycles. The number of esters is 2. The summed E-state index contributed by atoms with van der Waals surface area (Å²) in [6.07, 6.45) is 3.54. The molecule has 5 rings (SSSR count). The van der Waals surface area contributed by atoms with E-state index in [1.165, 1.54) is 36.4 Å². The Labute approximate surface area is 254 Å². The zero-order valence-electron chi connectivity index (χ0n) is 24.4. The molecule has 0 spiro atoms. The lowest BCUT2D eigenvalue weighted by Crippen LogP contribution is -2.34. The van der Waals surface area contributed by atoms with Crippen LogP contribution in [0.3, 0.4) is 0 Å². The van der Waals surface area contributed by atoms with E-state index in [0.717, 1.165) is 0 Å². The summed E-state index contributed by atoms with van der Waals surface area (Å²) in [5.74, 6) is -6.02. The molecule has 0 fully saturated rings. The minimum atomic E-state index is -1.05. The Morgan fingerprint density at radius 1 is 0.614 bits per heavy atom. The number of hydrogen-bond acceptors (Lipinski definition) is 6. The molecular weight excluding hydrogens is 566 g/mol. The first-order valence-corrected chi connectivity index (χ1v) is 14.6. The second-order valence-electron chi connectivity index (χ2n) is 10.9. The van der Waals surface area contributed by atoms with Crippen molar-refractivity contribution in [3.05, 3.63) is 119 Å². The molecule has 0 saturated heterocycles. The summed E-state index contributed by atoms with van der Waals surface area (Å²) in [6.45, 7) is 3.60. The van der Waals surface area contributed by atoms with Gasteiger partial charge in [-0.15, -0.1) is 0 Å². The number of carbonyl (C=O) groups excluding carboxylic acids is 4. The van der Waals surface area contributed by atoms with Crippen LogP contribution >= 0.6 is 0 Å². The largest absolute Gasteiger partial charge is 0.465 e. The highest BCUT2D eigenvalue weighted by Gasteiger charge is 2.42. The Bertz CT molecular complexity index is 1500. The van der Waals surface area contributed by atoms with Crippen molar-refractivity contribution in [3.8, 4) is 0 Å². The molecular formula is C36H32F2O6. The molecule has 226 valence electrons. The normalized spacial score (nSPS) is 21.7. The van der Waals surface area contributed by atoms with E-state index in [1.54, 1.807) is 62.4 Å². The van der Waals surface area contributed by atoms with E-state index in [1.807, 2.05) is 0 Å². The van der Waals surface area contributed by atoms with Gasteiger partial charge >= 0.3 is 11.9 Å². The predicted molar refractivity (Wildman–Crippen MR) is 160 cm³/mol. The summed E-state index contributed by atoms with van der Waals surface area (Å²) in [7, 11) is 0. The smallest absolute Gasteiger partial charge is 0.317 e. The summed E-state index contributed by atoms with van der Waals surface area (Å²) < 4.78 is 37.7. The minimum Gasteiger partial charge on any atom is -0.465 e. The van der Waals surface area contributed by atoms with Crippen molar-refractivity contribution in [2.45, 2.75) is 38.5 Å². The molecule has 3 aromatic carbocycles. The second-order valence-corrected chi connectivity index (χ2v) is 10.9. The Morgan fingerprint density at radius 2 is 0.955 bits per heavy atom. The summed E-state index contributed by atoms with van der Waals surface area (Å²) in [5, 5.41) is 0. The fourth-order valence-electron chi connectivity index (χ4n) is 6.11. The van der Waals surface area contributed by atoms with Gasteiger partial charge in [-0.05, 0) is 96.5 Å². The van der Waals surface area contributed by atoms with Gasteiger partial charge in [0.25, 0.3) is 0 Å². The molecule has 8 heteroatoms. The molecule has 0 saturated carbocycles. The molecule has 6 nitrogen and oxygen atoms in total. The first-order chi connectivity index (χ1) is 21.2. The van der Waals surface area contributed by atoms with Gasteiger partial charge in [-0.3, -0.25) is 19.2 Å². The van der Waals surface area contributed by atoms with E-state index in [2.05, 4.69) is 0 Å². The van der Waals surface area contributed by atoms with Crippen molar-refractivity contribution in [2.75, 3.05) is 13.2 Å². The summed E-state index contributed by atoms with van der Waals surface area (Å²) >= 11 is 0. The number of halogens is 2. The molecule has 3 aromatic rings. The van der Waals surface area contributed by atoms with Crippen molar-refractivity contribution in [1.29, 1.82) is 0 Å². The molecule has 44 heavy (non-hydrogen) atoms. The first-order valence-electron chi connectivity index (χ1n) is 14.6. The highest BCUT2D eigenvalue weighted by atomic mass is 19.1. The van der Waals surface area contributed by atoms with E-state index in [4.69, 9.17) is 9.47 Å². The maximum Gasteiger partial charge on any atom is 0.317 e. The molecule has 4 atom stereocenters. The molecule has 0 aromatic heterocycles. The van der Waals surface area contributed by atoms with Gasteiger partial charge in [-0.25, -0.2) is 8.78 Å². The number of carbonyl (C=O) groups is 4. The average Bonchev–Trinajstić information content (AvgIpc) is 3.01. The third-order valence-corrected chi connectivity index (χ3v) is 8.23. The number of rotatable bonds is 8. The standard InChI is InChI=1S/C36H32F2O6/c1-3-43-35(41)33-29(17-25(19-31(33)39)21-9-13-27(37)14-10-21)23-5-7-24(8-6-23)30-18-26(22-11-15-28(38)16-12-22)20-32(40)34(30)36(42)44-4-2/h5-16,19-20,29-30,33-34H,3-4,17-18H2,1-2H3. The molecule has 4 unspecified atom stereocenters. The molecule has 0 heterocycles. The van der Waals surface area contributed by atoms with E-state index in [0.29, 0.717) is 46.2 Å².